The van der Waals surface area contributed by atoms with Gasteiger partial charge in [-0.25, -0.2) is 0 Å². The van der Waals surface area contributed by atoms with Gasteiger partial charge < -0.3 is 0 Å². The van der Waals surface area contributed by atoms with Crippen molar-refractivity contribution in [3.05, 3.63) is 106 Å². The van der Waals surface area contributed by atoms with Crippen LogP contribution in [0.15, 0.2) is 66.9 Å². The summed E-state index contributed by atoms with van der Waals surface area (Å²) in [6.45, 7) is 10.6. The van der Waals surface area contributed by atoms with Crippen LogP contribution in [-0.4, -0.2) is 9.97 Å². The minimum absolute atomic E-state index is 0.876. The fourth-order valence-electron chi connectivity index (χ4n) is 4.02. The van der Waals surface area contributed by atoms with Crippen molar-refractivity contribution in [2.24, 2.45) is 0 Å². The highest BCUT2D eigenvalue weighted by Gasteiger charge is 2.09. The number of aryl methyl sites for hydroxylation is 4. The fourth-order valence-corrected chi connectivity index (χ4v) is 4.02. The van der Waals surface area contributed by atoms with Crippen molar-refractivity contribution < 1.29 is 0 Å². The van der Waals surface area contributed by atoms with Gasteiger partial charge in [0.1, 0.15) is 0 Å². The second-order valence-electron chi connectivity index (χ2n) is 8.31. The Morgan fingerprint density at radius 1 is 0.667 bits per heavy atom. The minimum atomic E-state index is 0.876. The Balaban J connectivity index is 1.56. The van der Waals surface area contributed by atoms with Crippen LogP contribution in [0.5, 0.6) is 0 Å². The van der Waals surface area contributed by atoms with Crippen LogP contribution in [0.25, 0.3) is 22.5 Å². The molecular weight excluding hydrogens is 364 g/mol. The maximum atomic E-state index is 4.77. The summed E-state index contributed by atoms with van der Waals surface area (Å²) in [7, 11) is 0. The lowest BCUT2D eigenvalue weighted by molar-refractivity contribution is 1.12. The van der Waals surface area contributed by atoms with E-state index in [-0.39, 0.29) is 0 Å². The first kappa shape index (κ1) is 20.0. The monoisotopic (exact) mass is 392 g/mol. The smallest absolute Gasteiger partial charge is 0.0736 e. The normalized spacial score (nSPS) is 11.0. The van der Waals surface area contributed by atoms with Gasteiger partial charge in [-0.2, -0.15) is 0 Å². The standard InChI is InChI=1S/C28H28N2/c1-18-7-6-8-26(13-18)27-20(3)15-24(17-29-27)16-23-9-11-25(12-10-23)28-22(5)19(2)14-21(4)30-28/h6-15,17H,16H2,1-5H3. The topological polar surface area (TPSA) is 25.8 Å². The van der Waals surface area contributed by atoms with Crippen molar-refractivity contribution in [2.75, 3.05) is 0 Å². The lowest BCUT2D eigenvalue weighted by Crippen LogP contribution is -1.96. The van der Waals surface area contributed by atoms with E-state index in [9.17, 15) is 0 Å². The van der Waals surface area contributed by atoms with E-state index < -0.39 is 0 Å². The van der Waals surface area contributed by atoms with E-state index in [0.717, 1.165) is 23.5 Å². The summed E-state index contributed by atoms with van der Waals surface area (Å²) in [6, 6.07) is 21.7. The molecule has 0 spiro atoms. The lowest BCUT2D eigenvalue weighted by atomic mass is 9.98. The number of pyridine rings is 2. The third-order valence-corrected chi connectivity index (χ3v) is 5.72. The molecule has 0 aliphatic rings. The Labute approximate surface area is 179 Å². The predicted molar refractivity (Wildman–Crippen MR) is 126 cm³/mol. The van der Waals surface area contributed by atoms with E-state index in [1.165, 1.54) is 44.5 Å². The SMILES string of the molecule is Cc1cccc(-c2ncc(Cc3ccc(-c4nc(C)cc(C)c4C)cc3)cc2C)c1. The minimum Gasteiger partial charge on any atom is -0.256 e. The lowest BCUT2D eigenvalue weighted by Gasteiger charge is -2.11. The van der Waals surface area contributed by atoms with Gasteiger partial charge in [0.15, 0.2) is 0 Å². The van der Waals surface area contributed by atoms with Crippen LogP contribution < -0.4 is 0 Å². The number of benzene rings is 2. The Kier molecular flexibility index (Phi) is 5.50. The van der Waals surface area contributed by atoms with Crippen LogP contribution in [0.1, 0.15) is 39.1 Å². The maximum Gasteiger partial charge on any atom is 0.0736 e. The number of hydrogen-bond donors (Lipinski definition) is 0. The van der Waals surface area contributed by atoms with Crippen molar-refractivity contribution >= 4 is 0 Å². The van der Waals surface area contributed by atoms with Gasteiger partial charge in [0, 0.05) is 23.0 Å². The molecule has 0 fully saturated rings. The Morgan fingerprint density at radius 2 is 1.43 bits per heavy atom. The first-order chi connectivity index (χ1) is 14.4. The molecule has 0 amide bonds. The zero-order valence-corrected chi connectivity index (χ0v) is 18.5. The molecular formula is C28H28N2. The van der Waals surface area contributed by atoms with Gasteiger partial charge in [-0.15, -0.1) is 0 Å². The third kappa shape index (κ3) is 4.18. The van der Waals surface area contributed by atoms with Crippen LogP contribution in [0.2, 0.25) is 0 Å². The summed E-state index contributed by atoms with van der Waals surface area (Å²) in [6.07, 6.45) is 2.88. The Hall–Kier alpha value is -3.26. The number of aromatic nitrogens is 2. The highest BCUT2D eigenvalue weighted by Crippen LogP contribution is 2.26. The van der Waals surface area contributed by atoms with Gasteiger partial charge in [-0.3, -0.25) is 9.97 Å². The van der Waals surface area contributed by atoms with Crippen molar-refractivity contribution in [1.82, 2.24) is 9.97 Å². The molecule has 0 unspecified atom stereocenters. The summed E-state index contributed by atoms with van der Waals surface area (Å²) >= 11 is 0. The molecule has 0 bridgehead atoms. The first-order valence-electron chi connectivity index (χ1n) is 10.5. The van der Waals surface area contributed by atoms with Gasteiger partial charge in [-0.1, -0.05) is 54.1 Å². The van der Waals surface area contributed by atoms with Gasteiger partial charge >= 0.3 is 0 Å². The second kappa shape index (κ2) is 8.23. The molecule has 0 radical (unpaired) electrons. The molecule has 2 nitrogen and oxygen atoms in total. The maximum absolute atomic E-state index is 4.77. The highest BCUT2D eigenvalue weighted by atomic mass is 14.7. The zero-order chi connectivity index (χ0) is 21.3. The van der Waals surface area contributed by atoms with Gasteiger partial charge in [0.25, 0.3) is 0 Å². The van der Waals surface area contributed by atoms with Crippen LogP contribution in [-0.2, 0) is 6.42 Å². The summed E-state index contributed by atoms with van der Waals surface area (Å²) in [5, 5.41) is 0. The molecule has 0 aliphatic heterocycles. The fraction of sp³-hybridized carbons (Fsp3) is 0.214. The predicted octanol–water partition coefficient (Wildman–Crippen LogP) is 6.94. The summed E-state index contributed by atoms with van der Waals surface area (Å²) < 4.78 is 0. The van der Waals surface area contributed by atoms with Crippen molar-refractivity contribution in [2.45, 2.75) is 41.0 Å². The second-order valence-corrected chi connectivity index (χ2v) is 8.31. The molecule has 4 rings (SSSR count). The van der Waals surface area contributed by atoms with Crippen LogP contribution in [0, 0.1) is 34.6 Å². The molecule has 0 aliphatic carbocycles. The van der Waals surface area contributed by atoms with Crippen molar-refractivity contribution in [3.8, 4) is 22.5 Å². The van der Waals surface area contributed by atoms with Gasteiger partial charge in [0.05, 0.1) is 11.4 Å². The largest absolute Gasteiger partial charge is 0.256 e. The molecule has 2 heterocycles. The number of hydrogen-bond acceptors (Lipinski definition) is 2. The zero-order valence-electron chi connectivity index (χ0n) is 18.5. The first-order valence-corrected chi connectivity index (χ1v) is 10.5. The molecule has 0 saturated heterocycles. The Bertz CT molecular complexity index is 1200. The van der Waals surface area contributed by atoms with E-state index in [4.69, 9.17) is 9.97 Å². The Morgan fingerprint density at radius 3 is 2.13 bits per heavy atom. The third-order valence-electron chi connectivity index (χ3n) is 5.72. The highest BCUT2D eigenvalue weighted by molar-refractivity contribution is 5.65. The summed E-state index contributed by atoms with van der Waals surface area (Å²) in [5.41, 5.74) is 13.1. The van der Waals surface area contributed by atoms with Crippen molar-refractivity contribution in [3.63, 3.8) is 0 Å². The van der Waals surface area contributed by atoms with E-state index in [2.05, 4.69) is 95.3 Å². The number of nitrogens with zero attached hydrogens (tertiary/aromatic N) is 2. The van der Waals surface area contributed by atoms with Gasteiger partial charge in [-0.05, 0) is 81.0 Å². The summed E-state index contributed by atoms with van der Waals surface area (Å²) in [5.74, 6) is 0. The van der Waals surface area contributed by atoms with E-state index >= 15 is 0 Å². The van der Waals surface area contributed by atoms with E-state index in [1.54, 1.807) is 0 Å². The molecule has 30 heavy (non-hydrogen) atoms. The quantitative estimate of drug-likeness (QED) is 0.376. The molecule has 0 saturated carbocycles. The van der Waals surface area contributed by atoms with Crippen LogP contribution >= 0.6 is 0 Å². The molecule has 2 heteroatoms. The van der Waals surface area contributed by atoms with Crippen molar-refractivity contribution in [1.29, 1.82) is 0 Å². The molecule has 150 valence electrons. The van der Waals surface area contributed by atoms with E-state index in [0.29, 0.717) is 0 Å². The average Bonchev–Trinajstić information content (AvgIpc) is 2.71. The average molecular weight is 393 g/mol. The molecule has 2 aromatic carbocycles. The van der Waals surface area contributed by atoms with E-state index in [1.807, 2.05) is 6.20 Å². The molecule has 0 N–H and O–H groups in total. The summed E-state index contributed by atoms with van der Waals surface area (Å²) in [4.78, 5) is 9.54. The number of rotatable bonds is 4. The molecule has 4 aromatic rings. The molecule has 2 aromatic heterocycles. The van der Waals surface area contributed by atoms with Crippen LogP contribution in [0.3, 0.4) is 0 Å². The van der Waals surface area contributed by atoms with Gasteiger partial charge in [0.2, 0.25) is 0 Å². The van der Waals surface area contributed by atoms with Crippen LogP contribution in [0.4, 0.5) is 0 Å². The molecule has 0 atom stereocenters.